The smallest absolute Gasteiger partial charge is 0.356 e. The zero-order valence-corrected chi connectivity index (χ0v) is 11.5. The molecule has 1 aromatic heterocycles. The van der Waals surface area contributed by atoms with Crippen molar-refractivity contribution < 1.29 is 9.90 Å². The molecule has 1 aromatic carbocycles. The largest absolute Gasteiger partial charge is 0.476 e. The van der Waals surface area contributed by atoms with Crippen molar-refractivity contribution in [1.29, 1.82) is 0 Å². The van der Waals surface area contributed by atoms with Gasteiger partial charge in [0.05, 0.1) is 5.69 Å². The molecule has 0 fully saturated rings. The Hall–Kier alpha value is -2.10. The number of carboxylic acid groups (broad SMARTS) is 1. The topological polar surface area (TPSA) is 55.1 Å². The van der Waals surface area contributed by atoms with Gasteiger partial charge in [0.15, 0.2) is 5.69 Å². The van der Waals surface area contributed by atoms with Crippen molar-refractivity contribution in [1.82, 2.24) is 9.78 Å². The number of benzene rings is 1. The van der Waals surface area contributed by atoms with Gasteiger partial charge in [0.2, 0.25) is 0 Å². The van der Waals surface area contributed by atoms with Gasteiger partial charge in [-0.25, -0.2) is 9.48 Å². The third kappa shape index (κ3) is 2.67. The van der Waals surface area contributed by atoms with Crippen LogP contribution < -0.4 is 0 Å². The summed E-state index contributed by atoms with van der Waals surface area (Å²) >= 11 is 0. The summed E-state index contributed by atoms with van der Waals surface area (Å²) in [5, 5.41) is 13.3. The van der Waals surface area contributed by atoms with E-state index in [0.717, 1.165) is 29.8 Å². The fourth-order valence-corrected chi connectivity index (χ4v) is 2.21. The molecule has 2 rings (SSSR count). The fraction of sp³-hybridized carbons (Fsp3) is 0.333. The highest BCUT2D eigenvalue weighted by Crippen LogP contribution is 2.19. The van der Waals surface area contributed by atoms with Gasteiger partial charge in [0.1, 0.15) is 0 Å². The van der Waals surface area contributed by atoms with Gasteiger partial charge in [0.25, 0.3) is 0 Å². The van der Waals surface area contributed by atoms with Gasteiger partial charge in [-0.3, -0.25) is 0 Å². The van der Waals surface area contributed by atoms with Gasteiger partial charge in [-0.1, -0.05) is 31.0 Å². The van der Waals surface area contributed by atoms with E-state index < -0.39 is 5.97 Å². The maximum Gasteiger partial charge on any atom is 0.356 e. The molecule has 0 bridgehead atoms. The first-order valence-electron chi connectivity index (χ1n) is 6.42. The zero-order valence-electron chi connectivity index (χ0n) is 11.5. The standard InChI is InChI=1S/C15H18N2O2/c1-4-5-12-9-13(15(18)19)16-17(12)14-7-6-10(2)8-11(14)3/h6-9H,4-5H2,1-3H3,(H,18,19). The van der Waals surface area contributed by atoms with E-state index in [9.17, 15) is 4.79 Å². The van der Waals surface area contributed by atoms with E-state index in [2.05, 4.69) is 18.1 Å². The summed E-state index contributed by atoms with van der Waals surface area (Å²) in [7, 11) is 0. The van der Waals surface area contributed by atoms with E-state index in [1.54, 1.807) is 10.7 Å². The third-order valence-corrected chi connectivity index (χ3v) is 3.09. The van der Waals surface area contributed by atoms with Crippen LogP contribution in [0.2, 0.25) is 0 Å². The number of carboxylic acids is 1. The highest BCUT2D eigenvalue weighted by Gasteiger charge is 2.14. The first-order valence-corrected chi connectivity index (χ1v) is 6.42. The lowest BCUT2D eigenvalue weighted by molar-refractivity contribution is 0.0690. The van der Waals surface area contributed by atoms with E-state index in [1.807, 2.05) is 26.0 Å². The number of carbonyl (C=O) groups is 1. The lowest BCUT2D eigenvalue weighted by Gasteiger charge is -2.10. The molecule has 4 nitrogen and oxygen atoms in total. The number of nitrogens with zero attached hydrogens (tertiary/aromatic N) is 2. The molecular weight excluding hydrogens is 240 g/mol. The normalized spacial score (nSPS) is 10.7. The molecule has 100 valence electrons. The molecule has 2 aromatic rings. The van der Waals surface area contributed by atoms with Crippen LogP contribution in [0, 0.1) is 13.8 Å². The first-order chi connectivity index (χ1) is 9.02. The Morgan fingerprint density at radius 1 is 1.32 bits per heavy atom. The Morgan fingerprint density at radius 2 is 2.05 bits per heavy atom. The van der Waals surface area contributed by atoms with Gasteiger partial charge in [-0.2, -0.15) is 5.10 Å². The Kier molecular flexibility index (Phi) is 3.69. The second kappa shape index (κ2) is 5.26. The molecule has 1 N–H and O–H groups in total. The lowest BCUT2D eigenvalue weighted by atomic mass is 10.1. The average Bonchev–Trinajstić information content (AvgIpc) is 2.74. The number of aromatic carboxylic acids is 1. The zero-order chi connectivity index (χ0) is 14.0. The van der Waals surface area contributed by atoms with Crippen molar-refractivity contribution in [3.63, 3.8) is 0 Å². The van der Waals surface area contributed by atoms with Crippen molar-refractivity contribution in [2.24, 2.45) is 0 Å². The summed E-state index contributed by atoms with van der Waals surface area (Å²) in [6.07, 6.45) is 1.77. The van der Waals surface area contributed by atoms with Gasteiger partial charge in [-0.15, -0.1) is 0 Å². The molecule has 0 unspecified atom stereocenters. The Labute approximate surface area is 112 Å². The van der Waals surface area contributed by atoms with Gasteiger partial charge < -0.3 is 5.11 Å². The molecule has 0 atom stereocenters. The van der Waals surface area contributed by atoms with E-state index in [1.165, 1.54) is 5.56 Å². The molecule has 0 saturated carbocycles. The summed E-state index contributed by atoms with van der Waals surface area (Å²) in [6.45, 7) is 6.12. The molecule has 0 saturated heterocycles. The highest BCUT2D eigenvalue weighted by molar-refractivity contribution is 5.85. The SMILES string of the molecule is CCCc1cc(C(=O)O)nn1-c1ccc(C)cc1C. The van der Waals surface area contributed by atoms with Crippen LogP contribution in [-0.4, -0.2) is 20.9 Å². The minimum absolute atomic E-state index is 0.100. The molecule has 0 amide bonds. The number of aryl methyl sites for hydroxylation is 3. The molecule has 0 spiro atoms. The molecule has 0 aliphatic carbocycles. The Morgan fingerprint density at radius 3 is 2.63 bits per heavy atom. The minimum Gasteiger partial charge on any atom is -0.476 e. The predicted octanol–water partition coefficient (Wildman–Crippen LogP) is 3.14. The number of hydrogen-bond acceptors (Lipinski definition) is 2. The van der Waals surface area contributed by atoms with Crippen LogP contribution in [0.5, 0.6) is 0 Å². The number of rotatable bonds is 4. The van der Waals surface area contributed by atoms with Crippen LogP contribution in [0.1, 0.15) is 40.7 Å². The lowest BCUT2D eigenvalue weighted by Crippen LogP contribution is -2.05. The summed E-state index contributed by atoms with van der Waals surface area (Å²) in [6, 6.07) is 7.74. The van der Waals surface area contributed by atoms with E-state index in [0.29, 0.717) is 0 Å². The second-order valence-electron chi connectivity index (χ2n) is 4.78. The minimum atomic E-state index is -0.985. The van der Waals surface area contributed by atoms with Crippen molar-refractivity contribution in [2.75, 3.05) is 0 Å². The van der Waals surface area contributed by atoms with Crippen molar-refractivity contribution in [2.45, 2.75) is 33.6 Å². The average molecular weight is 258 g/mol. The summed E-state index contributed by atoms with van der Waals surface area (Å²) in [5.74, 6) is -0.985. The maximum atomic E-state index is 11.1. The molecule has 0 aliphatic heterocycles. The third-order valence-electron chi connectivity index (χ3n) is 3.09. The molecule has 4 heteroatoms. The van der Waals surface area contributed by atoms with Crippen LogP contribution >= 0.6 is 0 Å². The predicted molar refractivity (Wildman–Crippen MR) is 74.0 cm³/mol. The molecule has 0 radical (unpaired) electrons. The van der Waals surface area contributed by atoms with Gasteiger partial charge in [-0.05, 0) is 38.0 Å². The van der Waals surface area contributed by atoms with E-state index in [-0.39, 0.29) is 5.69 Å². The quantitative estimate of drug-likeness (QED) is 0.916. The monoisotopic (exact) mass is 258 g/mol. The highest BCUT2D eigenvalue weighted by atomic mass is 16.4. The maximum absolute atomic E-state index is 11.1. The number of aromatic nitrogens is 2. The Balaban J connectivity index is 2.56. The van der Waals surface area contributed by atoms with Crippen LogP contribution in [0.15, 0.2) is 24.3 Å². The Bertz CT molecular complexity index is 615. The van der Waals surface area contributed by atoms with E-state index in [4.69, 9.17) is 5.11 Å². The van der Waals surface area contributed by atoms with Crippen molar-refractivity contribution in [3.8, 4) is 5.69 Å². The van der Waals surface area contributed by atoms with Crippen LogP contribution in [0.4, 0.5) is 0 Å². The fourth-order valence-electron chi connectivity index (χ4n) is 2.21. The van der Waals surface area contributed by atoms with Crippen molar-refractivity contribution >= 4 is 5.97 Å². The van der Waals surface area contributed by atoms with Crippen molar-refractivity contribution in [3.05, 3.63) is 46.8 Å². The summed E-state index contributed by atoms with van der Waals surface area (Å²) in [4.78, 5) is 11.1. The molecule has 1 heterocycles. The molecule has 19 heavy (non-hydrogen) atoms. The van der Waals surface area contributed by atoms with E-state index >= 15 is 0 Å². The van der Waals surface area contributed by atoms with Crippen LogP contribution in [0.3, 0.4) is 0 Å². The summed E-state index contributed by atoms with van der Waals surface area (Å²) < 4.78 is 1.75. The first kappa shape index (κ1) is 13.3. The van der Waals surface area contributed by atoms with Crippen LogP contribution in [-0.2, 0) is 6.42 Å². The van der Waals surface area contributed by atoms with Crippen LogP contribution in [0.25, 0.3) is 5.69 Å². The second-order valence-corrected chi connectivity index (χ2v) is 4.78. The molecule has 0 aliphatic rings. The summed E-state index contributed by atoms with van der Waals surface area (Å²) in [5.41, 5.74) is 4.26. The van der Waals surface area contributed by atoms with Gasteiger partial charge in [0, 0.05) is 5.69 Å². The van der Waals surface area contributed by atoms with Gasteiger partial charge >= 0.3 is 5.97 Å². The number of hydrogen-bond donors (Lipinski definition) is 1. The molecular formula is C15H18N2O2.